The first-order valence-corrected chi connectivity index (χ1v) is 6.32. The van der Waals surface area contributed by atoms with Crippen molar-refractivity contribution in [3.8, 4) is 0 Å². The van der Waals surface area contributed by atoms with Crippen molar-refractivity contribution in [2.75, 3.05) is 5.32 Å². The van der Waals surface area contributed by atoms with Gasteiger partial charge in [0.2, 0.25) is 0 Å². The number of hydrogen-bond acceptors (Lipinski definition) is 2. The quantitative estimate of drug-likeness (QED) is 0.820. The van der Waals surface area contributed by atoms with Crippen LogP contribution in [0.5, 0.6) is 0 Å². The minimum Gasteiger partial charge on any atom is -0.367 e. The average molecular weight is 218 g/mol. The van der Waals surface area contributed by atoms with Crippen molar-refractivity contribution in [2.45, 2.75) is 46.1 Å². The van der Waals surface area contributed by atoms with Crippen molar-refractivity contribution in [2.24, 2.45) is 11.8 Å². The van der Waals surface area contributed by atoms with E-state index in [0.29, 0.717) is 6.04 Å². The molecular weight excluding hydrogens is 196 g/mol. The summed E-state index contributed by atoms with van der Waals surface area (Å²) in [7, 11) is 0. The Labute approximate surface area is 98.5 Å². The molecule has 1 aromatic heterocycles. The van der Waals surface area contributed by atoms with E-state index in [-0.39, 0.29) is 0 Å². The highest BCUT2D eigenvalue weighted by Crippen LogP contribution is 2.30. The first kappa shape index (κ1) is 11.4. The fourth-order valence-electron chi connectivity index (χ4n) is 2.89. The van der Waals surface area contributed by atoms with Crippen LogP contribution in [0.2, 0.25) is 0 Å². The molecule has 2 nitrogen and oxygen atoms in total. The number of nitrogens with one attached hydrogen (secondary N) is 1. The van der Waals surface area contributed by atoms with Crippen LogP contribution in [0.1, 0.15) is 38.7 Å². The zero-order valence-electron chi connectivity index (χ0n) is 10.5. The number of aryl methyl sites for hydroxylation is 1. The summed E-state index contributed by atoms with van der Waals surface area (Å²) in [4.78, 5) is 4.37. The molecule has 2 atom stereocenters. The van der Waals surface area contributed by atoms with E-state index in [0.717, 1.165) is 17.7 Å². The number of rotatable bonds is 2. The SMILES string of the molecule is Cc1ccnc(NC2CC(C)CC(C)C2)c1. The predicted molar refractivity (Wildman–Crippen MR) is 68.6 cm³/mol. The molecule has 1 fully saturated rings. The van der Waals surface area contributed by atoms with E-state index in [1.807, 2.05) is 12.3 Å². The van der Waals surface area contributed by atoms with Crippen LogP contribution in [0.4, 0.5) is 5.82 Å². The first-order chi connectivity index (χ1) is 7.63. The Hall–Kier alpha value is -1.05. The summed E-state index contributed by atoms with van der Waals surface area (Å²) in [6.07, 6.45) is 5.81. The molecule has 1 saturated carbocycles. The third-order valence-electron chi connectivity index (χ3n) is 3.45. The van der Waals surface area contributed by atoms with E-state index in [9.17, 15) is 0 Å². The van der Waals surface area contributed by atoms with E-state index in [4.69, 9.17) is 0 Å². The maximum atomic E-state index is 4.37. The zero-order chi connectivity index (χ0) is 11.5. The van der Waals surface area contributed by atoms with Crippen molar-refractivity contribution >= 4 is 5.82 Å². The Balaban J connectivity index is 1.98. The topological polar surface area (TPSA) is 24.9 Å². The van der Waals surface area contributed by atoms with E-state index >= 15 is 0 Å². The molecule has 0 radical (unpaired) electrons. The van der Waals surface area contributed by atoms with Gasteiger partial charge in [-0.3, -0.25) is 0 Å². The molecule has 1 N–H and O–H groups in total. The maximum Gasteiger partial charge on any atom is 0.126 e. The molecule has 2 heteroatoms. The summed E-state index contributed by atoms with van der Waals surface area (Å²) in [5.74, 6) is 2.71. The van der Waals surface area contributed by atoms with Crippen LogP contribution in [0, 0.1) is 18.8 Å². The van der Waals surface area contributed by atoms with Crippen LogP contribution >= 0.6 is 0 Å². The molecule has 2 unspecified atom stereocenters. The lowest BCUT2D eigenvalue weighted by Gasteiger charge is -2.32. The molecule has 1 aromatic rings. The molecule has 0 aromatic carbocycles. The molecule has 2 rings (SSSR count). The second-order valence-corrected chi connectivity index (χ2v) is 5.48. The van der Waals surface area contributed by atoms with Crippen molar-refractivity contribution in [3.63, 3.8) is 0 Å². The van der Waals surface area contributed by atoms with Crippen LogP contribution < -0.4 is 5.32 Å². The van der Waals surface area contributed by atoms with Crippen LogP contribution in [0.3, 0.4) is 0 Å². The van der Waals surface area contributed by atoms with Gasteiger partial charge in [0.25, 0.3) is 0 Å². The van der Waals surface area contributed by atoms with Gasteiger partial charge in [-0.05, 0) is 55.7 Å². The monoisotopic (exact) mass is 218 g/mol. The standard InChI is InChI=1S/C14H22N2/c1-10-4-5-15-14(9-10)16-13-7-11(2)6-12(3)8-13/h4-5,9,11-13H,6-8H2,1-3H3,(H,15,16). The number of aromatic nitrogens is 1. The van der Waals surface area contributed by atoms with E-state index in [2.05, 4.69) is 37.1 Å². The Morgan fingerprint density at radius 1 is 1.19 bits per heavy atom. The van der Waals surface area contributed by atoms with Crippen molar-refractivity contribution in [1.29, 1.82) is 0 Å². The molecule has 16 heavy (non-hydrogen) atoms. The van der Waals surface area contributed by atoms with Gasteiger partial charge in [-0.1, -0.05) is 13.8 Å². The predicted octanol–water partition coefficient (Wildman–Crippen LogP) is 3.63. The Bertz CT molecular complexity index is 338. The lowest BCUT2D eigenvalue weighted by molar-refractivity contribution is 0.280. The van der Waals surface area contributed by atoms with Crippen molar-refractivity contribution < 1.29 is 0 Å². The fourth-order valence-corrected chi connectivity index (χ4v) is 2.89. The lowest BCUT2D eigenvalue weighted by Crippen LogP contribution is -2.30. The summed E-state index contributed by atoms with van der Waals surface area (Å²) in [6.45, 7) is 6.82. The lowest BCUT2D eigenvalue weighted by atomic mass is 9.80. The Morgan fingerprint density at radius 3 is 2.50 bits per heavy atom. The molecule has 0 saturated heterocycles. The summed E-state index contributed by atoms with van der Waals surface area (Å²) in [6, 6.07) is 4.77. The molecular formula is C14H22N2. The molecule has 0 aliphatic heterocycles. The summed E-state index contributed by atoms with van der Waals surface area (Å²) >= 11 is 0. The molecule has 0 amide bonds. The van der Waals surface area contributed by atoms with Crippen LogP contribution in [-0.4, -0.2) is 11.0 Å². The number of nitrogens with zero attached hydrogens (tertiary/aromatic N) is 1. The third-order valence-corrected chi connectivity index (χ3v) is 3.45. The largest absolute Gasteiger partial charge is 0.367 e. The fraction of sp³-hybridized carbons (Fsp3) is 0.643. The van der Waals surface area contributed by atoms with Crippen LogP contribution in [-0.2, 0) is 0 Å². The second kappa shape index (κ2) is 4.86. The second-order valence-electron chi connectivity index (χ2n) is 5.48. The van der Waals surface area contributed by atoms with Gasteiger partial charge in [0.05, 0.1) is 0 Å². The van der Waals surface area contributed by atoms with Gasteiger partial charge in [0.1, 0.15) is 5.82 Å². The summed E-state index contributed by atoms with van der Waals surface area (Å²) in [5, 5.41) is 3.57. The third kappa shape index (κ3) is 2.97. The van der Waals surface area contributed by atoms with Crippen LogP contribution in [0.15, 0.2) is 18.3 Å². The first-order valence-electron chi connectivity index (χ1n) is 6.32. The van der Waals surface area contributed by atoms with E-state index < -0.39 is 0 Å². The van der Waals surface area contributed by atoms with Gasteiger partial charge in [0, 0.05) is 12.2 Å². The molecule has 1 aliphatic rings. The maximum absolute atomic E-state index is 4.37. The summed E-state index contributed by atoms with van der Waals surface area (Å²) < 4.78 is 0. The van der Waals surface area contributed by atoms with E-state index in [1.54, 1.807) is 0 Å². The molecule has 0 bridgehead atoms. The van der Waals surface area contributed by atoms with Crippen LogP contribution in [0.25, 0.3) is 0 Å². The normalized spacial score (nSPS) is 30.1. The highest BCUT2D eigenvalue weighted by molar-refractivity contribution is 5.38. The average Bonchev–Trinajstić information content (AvgIpc) is 2.15. The minimum absolute atomic E-state index is 0.605. The van der Waals surface area contributed by atoms with Gasteiger partial charge >= 0.3 is 0 Å². The van der Waals surface area contributed by atoms with Crippen molar-refractivity contribution in [3.05, 3.63) is 23.9 Å². The smallest absolute Gasteiger partial charge is 0.126 e. The van der Waals surface area contributed by atoms with E-state index in [1.165, 1.54) is 24.8 Å². The number of pyridine rings is 1. The molecule has 1 aliphatic carbocycles. The van der Waals surface area contributed by atoms with Gasteiger partial charge in [-0.25, -0.2) is 4.98 Å². The molecule has 1 heterocycles. The highest BCUT2D eigenvalue weighted by atomic mass is 15.0. The zero-order valence-corrected chi connectivity index (χ0v) is 10.5. The van der Waals surface area contributed by atoms with Gasteiger partial charge in [0.15, 0.2) is 0 Å². The molecule has 0 spiro atoms. The Morgan fingerprint density at radius 2 is 1.88 bits per heavy atom. The highest BCUT2D eigenvalue weighted by Gasteiger charge is 2.23. The number of anilines is 1. The van der Waals surface area contributed by atoms with Gasteiger partial charge in [-0.15, -0.1) is 0 Å². The number of hydrogen-bond donors (Lipinski definition) is 1. The molecule has 88 valence electrons. The summed E-state index contributed by atoms with van der Waals surface area (Å²) in [5.41, 5.74) is 1.27. The van der Waals surface area contributed by atoms with Gasteiger partial charge in [-0.2, -0.15) is 0 Å². The van der Waals surface area contributed by atoms with Gasteiger partial charge < -0.3 is 5.32 Å². The minimum atomic E-state index is 0.605. The Kier molecular flexibility index (Phi) is 3.47. The van der Waals surface area contributed by atoms with Crippen molar-refractivity contribution in [1.82, 2.24) is 4.98 Å².